The van der Waals surface area contributed by atoms with E-state index in [1.54, 1.807) is 12.1 Å². The van der Waals surface area contributed by atoms with Gasteiger partial charge in [-0.1, -0.05) is 17.7 Å². The molecule has 0 N–H and O–H groups in total. The molecule has 0 radical (unpaired) electrons. The monoisotopic (exact) mass is 424 g/mol. The summed E-state index contributed by atoms with van der Waals surface area (Å²) in [6.45, 7) is 2.37. The molecule has 2 unspecified atom stereocenters. The molecule has 5 nitrogen and oxygen atoms in total. The zero-order chi connectivity index (χ0) is 20.6. The molecule has 8 heteroatoms. The molecule has 3 atom stereocenters. The summed E-state index contributed by atoms with van der Waals surface area (Å²) in [7, 11) is -3.86. The van der Waals surface area contributed by atoms with E-state index in [-0.39, 0.29) is 47.4 Å². The number of fused-ring (bicyclic) bond motifs is 3. The third kappa shape index (κ3) is 4.01. The molecule has 2 aliphatic heterocycles. The fourth-order valence-electron chi connectivity index (χ4n) is 4.09. The molecular formula is C21H22F2O5S. The van der Waals surface area contributed by atoms with Gasteiger partial charge >= 0.3 is 0 Å². The fourth-order valence-corrected chi connectivity index (χ4v) is 5.01. The van der Waals surface area contributed by atoms with Gasteiger partial charge in [-0.2, -0.15) is 8.42 Å². The van der Waals surface area contributed by atoms with Crippen LogP contribution in [0.5, 0.6) is 5.75 Å². The highest BCUT2D eigenvalue weighted by atomic mass is 32.2. The Labute approximate surface area is 168 Å². The van der Waals surface area contributed by atoms with E-state index in [0.29, 0.717) is 19.4 Å². The van der Waals surface area contributed by atoms with Gasteiger partial charge < -0.3 is 9.47 Å². The predicted molar refractivity (Wildman–Crippen MR) is 101 cm³/mol. The van der Waals surface area contributed by atoms with Gasteiger partial charge in [-0.25, -0.2) is 8.78 Å². The summed E-state index contributed by atoms with van der Waals surface area (Å²) in [6.07, 6.45) is 0.500. The minimum atomic E-state index is -3.86. The van der Waals surface area contributed by atoms with Crippen LogP contribution in [0.2, 0.25) is 0 Å². The highest BCUT2D eigenvalue weighted by molar-refractivity contribution is 7.86. The first-order valence-electron chi connectivity index (χ1n) is 9.55. The van der Waals surface area contributed by atoms with E-state index in [1.165, 1.54) is 12.1 Å². The minimum Gasteiger partial charge on any atom is -0.490 e. The number of hydrogen-bond acceptors (Lipinski definition) is 5. The van der Waals surface area contributed by atoms with Gasteiger partial charge in [0.05, 0.1) is 24.2 Å². The van der Waals surface area contributed by atoms with Crippen molar-refractivity contribution in [1.82, 2.24) is 0 Å². The first-order valence-corrected chi connectivity index (χ1v) is 11.0. The van der Waals surface area contributed by atoms with Gasteiger partial charge in [-0.05, 0) is 44.0 Å². The van der Waals surface area contributed by atoms with Crippen LogP contribution in [0.1, 0.15) is 29.9 Å². The number of ether oxygens (including phenoxy) is 2. The summed E-state index contributed by atoms with van der Waals surface area (Å²) in [4.78, 5) is 0.0954. The molecule has 2 aliphatic rings. The molecular weight excluding hydrogens is 402 g/mol. The van der Waals surface area contributed by atoms with Gasteiger partial charge in [0.25, 0.3) is 10.1 Å². The summed E-state index contributed by atoms with van der Waals surface area (Å²) in [6, 6.07) is 8.59. The SMILES string of the molecule is Cc1ccc(S(=O)(=O)OCC[C@@H]2OCCC3c4c(F)ccc(F)c4OCC32)cc1. The summed E-state index contributed by atoms with van der Waals surface area (Å²) < 4.78 is 69.5. The highest BCUT2D eigenvalue weighted by Gasteiger charge is 2.42. The van der Waals surface area contributed by atoms with Crippen molar-refractivity contribution in [2.45, 2.75) is 36.7 Å². The Bertz CT molecular complexity index is 991. The van der Waals surface area contributed by atoms with Crippen molar-refractivity contribution in [3.05, 3.63) is 59.2 Å². The van der Waals surface area contributed by atoms with Crippen molar-refractivity contribution in [2.24, 2.45) is 5.92 Å². The van der Waals surface area contributed by atoms with E-state index in [4.69, 9.17) is 13.7 Å². The van der Waals surface area contributed by atoms with Gasteiger partial charge in [-0.15, -0.1) is 0 Å². The Morgan fingerprint density at radius 2 is 1.83 bits per heavy atom. The van der Waals surface area contributed by atoms with Crippen LogP contribution in [0.15, 0.2) is 41.3 Å². The molecule has 4 rings (SSSR count). The fraction of sp³-hybridized carbons (Fsp3) is 0.429. The van der Waals surface area contributed by atoms with Crippen LogP contribution in [0, 0.1) is 24.5 Å². The number of hydrogen-bond donors (Lipinski definition) is 0. The lowest BCUT2D eigenvalue weighted by Gasteiger charge is -2.42. The standard InChI is InChI=1S/C21H22F2O5S/c1-13-2-4-14(5-3-13)29(24,25)28-11-9-19-16-12-27-21-18(23)7-6-17(22)20(21)15(16)8-10-26-19/h2-7,15-16,19H,8-12H2,1H3/t15?,16?,19-/m0/s1. The second-order valence-corrected chi connectivity index (χ2v) is 9.04. The Hall–Kier alpha value is -2.03. The molecule has 2 heterocycles. The molecule has 1 saturated heterocycles. The Morgan fingerprint density at radius 1 is 1.10 bits per heavy atom. The van der Waals surface area contributed by atoms with E-state index in [0.717, 1.165) is 17.7 Å². The zero-order valence-corrected chi connectivity index (χ0v) is 16.8. The first-order chi connectivity index (χ1) is 13.9. The van der Waals surface area contributed by atoms with Crippen LogP contribution in [0.25, 0.3) is 0 Å². The van der Waals surface area contributed by atoms with Crippen molar-refractivity contribution in [3.63, 3.8) is 0 Å². The summed E-state index contributed by atoms with van der Waals surface area (Å²) in [5.74, 6) is -1.52. The third-order valence-electron chi connectivity index (χ3n) is 5.59. The minimum absolute atomic E-state index is 0.0231. The largest absolute Gasteiger partial charge is 0.490 e. The normalized spacial score (nSPS) is 23.8. The summed E-state index contributed by atoms with van der Waals surface area (Å²) in [5, 5.41) is 0. The number of halogens is 2. The highest BCUT2D eigenvalue weighted by Crippen LogP contribution is 2.46. The molecule has 0 spiro atoms. The number of rotatable bonds is 5. The Balaban J connectivity index is 1.44. The molecule has 2 aromatic rings. The van der Waals surface area contributed by atoms with Crippen LogP contribution in [-0.4, -0.2) is 34.3 Å². The average Bonchev–Trinajstić information content (AvgIpc) is 2.70. The Kier molecular flexibility index (Phi) is 5.59. The maximum atomic E-state index is 14.4. The molecule has 0 aromatic heterocycles. The van der Waals surface area contributed by atoms with Crippen LogP contribution in [0.4, 0.5) is 8.78 Å². The molecule has 0 aliphatic carbocycles. The Morgan fingerprint density at radius 3 is 2.59 bits per heavy atom. The van der Waals surface area contributed by atoms with E-state index in [1.807, 2.05) is 6.92 Å². The summed E-state index contributed by atoms with van der Waals surface area (Å²) >= 11 is 0. The lowest BCUT2D eigenvalue weighted by Crippen LogP contribution is -2.42. The zero-order valence-electron chi connectivity index (χ0n) is 15.9. The van der Waals surface area contributed by atoms with E-state index in [9.17, 15) is 17.2 Å². The van der Waals surface area contributed by atoms with Crippen LogP contribution < -0.4 is 4.74 Å². The van der Waals surface area contributed by atoms with Crippen molar-refractivity contribution < 1.29 is 30.9 Å². The summed E-state index contributed by atoms with van der Waals surface area (Å²) in [5.41, 5.74) is 1.20. The smallest absolute Gasteiger partial charge is 0.296 e. The molecule has 0 amide bonds. The molecule has 29 heavy (non-hydrogen) atoms. The van der Waals surface area contributed by atoms with Gasteiger partial charge in [0.2, 0.25) is 0 Å². The maximum Gasteiger partial charge on any atom is 0.296 e. The van der Waals surface area contributed by atoms with Crippen LogP contribution >= 0.6 is 0 Å². The molecule has 156 valence electrons. The molecule has 0 saturated carbocycles. The molecule has 2 aromatic carbocycles. The third-order valence-corrected chi connectivity index (χ3v) is 6.92. The van der Waals surface area contributed by atoms with Crippen LogP contribution in [-0.2, 0) is 19.0 Å². The maximum absolute atomic E-state index is 14.4. The quantitative estimate of drug-likeness (QED) is 0.681. The van der Waals surface area contributed by atoms with Crippen molar-refractivity contribution in [2.75, 3.05) is 19.8 Å². The average molecular weight is 424 g/mol. The molecule has 1 fully saturated rings. The predicted octanol–water partition coefficient (Wildman–Crippen LogP) is 3.95. The van der Waals surface area contributed by atoms with E-state index in [2.05, 4.69) is 0 Å². The van der Waals surface area contributed by atoms with Gasteiger partial charge in [0.1, 0.15) is 5.82 Å². The second kappa shape index (κ2) is 8.01. The lowest BCUT2D eigenvalue weighted by molar-refractivity contribution is -0.0680. The lowest BCUT2D eigenvalue weighted by atomic mass is 9.76. The number of aryl methyl sites for hydroxylation is 1. The molecule has 0 bridgehead atoms. The van der Waals surface area contributed by atoms with Gasteiger partial charge in [0.15, 0.2) is 11.6 Å². The van der Waals surface area contributed by atoms with Crippen molar-refractivity contribution >= 4 is 10.1 Å². The van der Waals surface area contributed by atoms with Crippen LogP contribution in [0.3, 0.4) is 0 Å². The van der Waals surface area contributed by atoms with E-state index < -0.39 is 21.8 Å². The van der Waals surface area contributed by atoms with E-state index >= 15 is 0 Å². The number of benzene rings is 2. The van der Waals surface area contributed by atoms with Gasteiger partial charge in [0, 0.05) is 24.0 Å². The van der Waals surface area contributed by atoms with Gasteiger partial charge in [-0.3, -0.25) is 4.18 Å². The van der Waals surface area contributed by atoms with Crippen molar-refractivity contribution in [3.8, 4) is 5.75 Å². The van der Waals surface area contributed by atoms with Crippen molar-refractivity contribution in [1.29, 1.82) is 0 Å². The first kappa shape index (κ1) is 20.3. The topological polar surface area (TPSA) is 61.8 Å². The second-order valence-electron chi connectivity index (χ2n) is 7.43.